The third-order valence-electron chi connectivity index (χ3n) is 10.2. The molecule has 0 nitrogen and oxygen atoms in total. The second-order valence-electron chi connectivity index (χ2n) is 15.4. The summed E-state index contributed by atoms with van der Waals surface area (Å²) in [5.74, 6) is 0. The van der Waals surface area contributed by atoms with Crippen molar-refractivity contribution in [2.45, 2.75) is 65.2 Å². The van der Waals surface area contributed by atoms with Gasteiger partial charge in [0.15, 0.2) is 0 Å². The molecule has 0 spiro atoms. The molecule has 5 aromatic carbocycles. The summed E-state index contributed by atoms with van der Waals surface area (Å²) in [6.45, 7) is 14.2. The van der Waals surface area contributed by atoms with Gasteiger partial charge in [-0.15, -0.1) is 24.8 Å². The Morgan fingerprint density at radius 1 is 0.653 bits per heavy atom. The van der Waals surface area contributed by atoms with Gasteiger partial charge in [0.25, 0.3) is 0 Å². The van der Waals surface area contributed by atoms with Gasteiger partial charge in [0.05, 0.1) is 0 Å². The molecule has 0 radical (unpaired) electrons. The first-order valence-corrected chi connectivity index (χ1v) is 22.6. The van der Waals surface area contributed by atoms with Crippen LogP contribution in [0.15, 0.2) is 125 Å². The number of fused-ring (bicyclic) bond motifs is 3. The van der Waals surface area contributed by atoms with Crippen molar-refractivity contribution in [3.05, 3.63) is 152 Å². The van der Waals surface area contributed by atoms with Crippen LogP contribution >= 0.6 is 36.4 Å². The van der Waals surface area contributed by atoms with Crippen molar-refractivity contribution in [3.63, 3.8) is 0 Å². The second kappa shape index (κ2) is 14.1. The Balaban J connectivity index is 0.00000234. The van der Waals surface area contributed by atoms with Gasteiger partial charge < -0.3 is 0 Å². The van der Waals surface area contributed by atoms with Crippen LogP contribution in [-0.2, 0) is 37.0 Å². The topological polar surface area (TPSA) is 0 Å². The van der Waals surface area contributed by atoms with Crippen LogP contribution in [0.4, 0.5) is 0 Å². The Labute approximate surface area is 315 Å². The SMILES string of the molecule is Cl.Cl.[CH2]=[Zr]([C]1=CC=CC1)([c]1ccc(Cl)cc1)[c]1c2c(cc(C(C)(C)C)c1-c1ccccc1)-c1cc(C(C)(C)C)c(-c3ccccc3)cc1C2. The molecule has 0 fully saturated rings. The molecular weight excluding hydrogens is 738 g/mol. The van der Waals surface area contributed by atoms with Crippen LogP contribution in [0.25, 0.3) is 33.4 Å². The molecule has 7 rings (SSSR count). The number of hydrogen-bond acceptors (Lipinski definition) is 0. The van der Waals surface area contributed by atoms with Gasteiger partial charge in [-0.25, -0.2) is 0 Å². The molecule has 49 heavy (non-hydrogen) atoms. The number of allylic oxidation sites excluding steroid dienone is 4. The maximum absolute atomic E-state index is 6.53. The number of rotatable bonds is 5. The van der Waals surface area contributed by atoms with Crippen molar-refractivity contribution >= 4 is 47.2 Å². The van der Waals surface area contributed by atoms with Crippen molar-refractivity contribution in [2.24, 2.45) is 0 Å². The summed E-state index contributed by atoms with van der Waals surface area (Å²) >= 11 is 2.67. The number of halogens is 3. The number of benzene rings is 5. The fourth-order valence-electron chi connectivity index (χ4n) is 7.81. The van der Waals surface area contributed by atoms with Gasteiger partial charge in [-0.3, -0.25) is 0 Å². The molecule has 0 bridgehead atoms. The van der Waals surface area contributed by atoms with Gasteiger partial charge in [-0.2, -0.15) is 0 Å². The molecule has 1 atom stereocenters. The first kappa shape index (κ1) is 37.5. The monoisotopic (exact) mass is 781 g/mol. The fourth-order valence-corrected chi connectivity index (χ4v) is 17.8. The van der Waals surface area contributed by atoms with E-state index in [-0.39, 0.29) is 35.6 Å². The van der Waals surface area contributed by atoms with Crippen molar-refractivity contribution in [2.75, 3.05) is 0 Å². The standard InChI is InChI=1S/C33H33.C6H4Cl.C5H5.CH2.2ClH.Zr/c1-32(2,3)30-20-26-24(18-28(30)22-13-9-7-10-14-22)17-25-19-29(23-15-11-8-12-16-23)31(21-27(25)26)33(4,5)6;7-6-4-2-1-3-5-6;1-2-4-5-3-1;;;;/h7-16,18,20-21H,17H2,1-6H3;2-5H;1-3H,4H2;1H2;2*1H;. The predicted octanol–water partition coefficient (Wildman–Crippen LogP) is 12.1. The zero-order valence-electron chi connectivity index (χ0n) is 29.4. The van der Waals surface area contributed by atoms with E-state index in [9.17, 15) is 0 Å². The van der Waals surface area contributed by atoms with Crippen molar-refractivity contribution in [3.8, 4) is 33.4 Å². The molecule has 1 unspecified atom stereocenters. The molecule has 2 aliphatic carbocycles. The molecule has 0 saturated carbocycles. The average Bonchev–Trinajstić information content (AvgIpc) is 3.72. The predicted molar refractivity (Wildman–Crippen MR) is 217 cm³/mol. The van der Waals surface area contributed by atoms with Crippen LogP contribution < -0.4 is 6.54 Å². The van der Waals surface area contributed by atoms with Crippen LogP contribution in [0, 0.1) is 0 Å². The van der Waals surface area contributed by atoms with Gasteiger partial charge in [-0.05, 0) is 0 Å². The molecule has 4 heteroatoms. The van der Waals surface area contributed by atoms with Gasteiger partial charge >= 0.3 is 293 Å². The second-order valence-corrected chi connectivity index (χ2v) is 24.5. The first-order chi connectivity index (χ1) is 22.4. The first-order valence-electron chi connectivity index (χ1n) is 16.8. The van der Waals surface area contributed by atoms with E-state index in [2.05, 4.69) is 163 Å². The third kappa shape index (κ3) is 6.70. The zero-order chi connectivity index (χ0) is 33.1. The Morgan fingerprint density at radius 2 is 1.22 bits per heavy atom. The van der Waals surface area contributed by atoms with E-state index in [1.54, 1.807) is 0 Å². The molecule has 5 aromatic rings. The third-order valence-corrected chi connectivity index (χ3v) is 20.7. The van der Waals surface area contributed by atoms with Gasteiger partial charge in [0.2, 0.25) is 0 Å². The van der Waals surface area contributed by atoms with Gasteiger partial charge in [0, 0.05) is 0 Å². The molecular formula is C45H46Cl3Zr. The quantitative estimate of drug-likeness (QED) is 0.163. The van der Waals surface area contributed by atoms with E-state index in [0.717, 1.165) is 17.9 Å². The normalized spacial score (nSPS) is 14.6. The zero-order valence-corrected chi connectivity index (χ0v) is 34.2. The average molecular weight is 784 g/mol. The summed E-state index contributed by atoms with van der Waals surface area (Å²) in [5, 5.41) is 0.772. The molecule has 0 aliphatic heterocycles. The molecule has 0 N–H and O–H groups in total. The van der Waals surface area contributed by atoms with Crippen molar-refractivity contribution in [1.82, 2.24) is 0 Å². The van der Waals surface area contributed by atoms with E-state index in [1.165, 1.54) is 65.5 Å². The Bertz CT molecular complexity index is 2110. The van der Waals surface area contributed by atoms with Crippen LogP contribution in [0.5, 0.6) is 0 Å². The Morgan fingerprint density at radius 3 is 1.78 bits per heavy atom. The van der Waals surface area contributed by atoms with E-state index < -0.39 is 19.8 Å². The molecule has 0 heterocycles. The van der Waals surface area contributed by atoms with E-state index in [0.29, 0.717) is 0 Å². The van der Waals surface area contributed by atoms with E-state index in [1.807, 2.05) is 0 Å². The van der Waals surface area contributed by atoms with Gasteiger partial charge in [0.1, 0.15) is 0 Å². The Hall–Kier alpha value is -2.80. The molecule has 0 aromatic heterocycles. The maximum atomic E-state index is 6.53. The number of hydrogen-bond donors (Lipinski definition) is 0. The van der Waals surface area contributed by atoms with Crippen molar-refractivity contribution in [1.29, 1.82) is 0 Å². The summed E-state index contributed by atoms with van der Waals surface area (Å²) < 4.78 is 9.87. The minimum atomic E-state index is -3.86. The Kier molecular flexibility index (Phi) is 10.8. The molecule has 0 saturated heterocycles. The summed E-state index contributed by atoms with van der Waals surface area (Å²) in [4.78, 5) is 0. The summed E-state index contributed by atoms with van der Waals surface area (Å²) in [6, 6.07) is 38.4. The summed E-state index contributed by atoms with van der Waals surface area (Å²) in [5.41, 5.74) is 13.7. The van der Waals surface area contributed by atoms with Crippen LogP contribution in [-0.4, -0.2) is 4.21 Å². The molecule has 0 amide bonds. The van der Waals surface area contributed by atoms with E-state index >= 15 is 0 Å². The molecule has 251 valence electrons. The minimum absolute atomic E-state index is 0. The van der Waals surface area contributed by atoms with Crippen molar-refractivity contribution < 1.29 is 19.8 Å². The van der Waals surface area contributed by atoms with Crippen LogP contribution in [0.3, 0.4) is 0 Å². The fraction of sp³-hybridized carbons (Fsp3) is 0.222. The summed E-state index contributed by atoms with van der Waals surface area (Å²) in [7, 11) is 0. The summed E-state index contributed by atoms with van der Waals surface area (Å²) in [6.07, 6.45) is 8.82. The van der Waals surface area contributed by atoms with Gasteiger partial charge in [-0.1, -0.05) is 0 Å². The van der Waals surface area contributed by atoms with Crippen LogP contribution in [0.2, 0.25) is 5.02 Å². The van der Waals surface area contributed by atoms with Crippen LogP contribution in [0.1, 0.15) is 70.2 Å². The molecule has 2 aliphatic rings. The van der Waals surface area contributed by atoms with E-state index in [4.69, 9.17) is 15.8 Å².